The topological polar surface area (TPSA) is 13.1 Å². The van der Waals surface area contributed by atoms with E-state index in [4.69, 9.17) is 4.42 Å². The second-order valence-corrected chi connectivity index (χ2v) is 6.55. The van der Waals surface area contributed by atoms with Crippen molar-refractivity contribution < 1.29 is 4.42 Å². The Labute approximate surface area is 146 Å². The molecule has 1 aliphatic carbocycles. The van der Waals surface area contributed by atoms with Gasteiger partial charge in [0.2, 0.25) is 0 Å². The van der Waals surface area contributed by atoms with E-state index in [1.165, 1.54) is 33.0 Å². The third kappa shape index (κ3) is 2.49. The van der Waals surface area contributed by atoms with Crippen molar-refractivity contribution >= 4 is 27.5 Å². The largest absolute Gasteiger partial charge is 0.456 e. The van der Waals surface area contributed by atoms with E-state index in [0.29, 0.717) is 0 Å². The molecular weight excluding hydrogens is 304 g/mol. The normalized spacial score (nSPS) is 14.2. The molecule has 1 aromatic heterocycles. The van der Waals surface area contributed by atoms with Crippen molar-refractivity contribution in [3.05, 3.63) is 90.5 Å². The zero-order valence-electron chi connectivity index (χ0n) is 13.9. The van der Waals surface area contributed by atoms with Crippen molar-refractivity contribution in [1.29, 1.82) is 0 Å². The lowest BCUT2D eigenvalue weighted by molar-refractivity contribution is 0.669. The molecule has 0 N–H and O–H groups in total. The van der Waals surface area contributed by atoms with E-state index in [1.54, 1.807) is 0 Å². The average Bonchev–Trinajstić information content (AvgIpc) is 3.06. The average molecular weight is 322 g/mol. The molecule has 1 nitrogen and oxygen atoms in total. The van der Waals surface area contributed by atoms with Crippen LogP contribution < -0.4 is 0 Å². The van der Waals surface area contributed by atoms with Crippen molar-refractivity contribution in [3.8, 4) is 11.1 Å². The molecule has 0 fully saturated rings. The lowest BCUT2D eigenvalue weighted by Gasteiger charge is -2.08. The summed E-state index contributed by atoms with van der Waals surface area (Å²) >= 11 is 0. The second kappa shape index (κ2) is 5.78. The molecule has 1 heteroatoms. The van der Waals surface area contributed by atoms with Gasteiger partial charge in [-0.05, 0) is 59.4 Å². The number of rotatable bonds is 2. The fraction of sp³-hybridized carbons (Fsp3) is 0.0833. The Morgan fingerprint density at radius 2 is 1.40 bits per heavy atom. The number of furan rings is 1. The molecule has 0 amide bonds. The monoisotopic (exact) mass is 322 g/mol. The highest BCUT2D eigenvalue weighted by Crippen LogP contribution is 2.34. The Hall–Kier alpha value is -3.06. The van der Waals surface area contributed by atoms with Crippen molar-refractivity contribution in [1.82, 2.24) is 0 Å². The van der Waals surface area contributed by atoms with Gasteiger partial charge < -0.3 is 4.42 Å². The van der Waals surface area contributed by atoms with Crippen LogP contribution in [0.5, 0.6) is 0 Å². The fourth-order valence-corrected chi connectivity index (χ4v) is 3.63. The van der Waals surface area contributed by atoms with Crippen molar-refractivity contribution in [2.75, 3.05) is 0 Å². The number of benzene rings is 3. The SMILES string of the molecule is C1=CCCC(c2ccc3c(c2)oc2cc(-c4ccccc4)ccc23)=C1. The molecule has 5 rings (SSSR count). The zero-order valence-corrected chi connectivity index (χ0v) is 13.9. The summed E-state index contributed by atoms with van der Waals surface area (Å²) in [6.45, 7) is 0. The van der Waals surface area contributed by atoms with Crippen LogP contribution in [0.1, 0.15) is 18.4 Å². The van der Waals surface area contributed by atoms with Crippen molar-refractivity contribution in [2.24, 2.45) is 0 Å². The molecule has 0 bridgehead atoms. The predicted octanol–water partition coefficient (Wildman–Crippen LogP) is 6.99. The van der Waals surface area contributed by atoms with E-state index in [9.17, 15) is 0 Å². The van der Waals surface area contributed by atoms with E-state index in [2.05, 4.69) is 78.9 Å². The van der Waals surface area contributed by atoms with Crippen LogP contribution >= 0.6 is 0 Å². The summed E-state index contributed by atoms with van der Waals surface area (Å²) in [5, 5.41) is 2.36. The van der Waals surface area contributed by atoms with Gasteiger partial charge in [0.15, 0.2) is 0 Å². The van der Waals surface area contributed by atoms with Crippen LogP contribution in [0.3, 0.4) is 0 Å². The molecule has 1 heterocycles. The minimum atomic E-state index is 0.950. The van der Waals surface area contributed by atoms with Gasteiger partial charge in [-0.2, -0.15) is 0 Å². The predicted molar refractivity (Wildman–Crippen MR) is 106 cm³/mol. The van der Waals surface area contributed by atoms with Crippen LogP contribution in [0, 0.1) is 0 Å². The van der Waals surface area contributed by atoms with E-state index in [1.807, 2.05) is 6.07 Å². The quantitative estimate of drug-likeness (QED) is 0.388. The summed E-state index contributed by atoms with van der Waals surface area (Å²) in [6, 6.07) is 23.5. The van der Waals surface area contributed by atoms with Gasteiger partial charge in [-0.3, -0.25) is 0 Å². The number of hydrogen-bond acceptors (Lipinski definition) is 1. The van der Waals surface area contributed by atoms with Gasteiger partial charge in [0.25, 0.3) is 0 Å². The summed E-state index contributed by atoms with van der Waals surface area (Å²) in [5.74, 6) is 0. The summed E-state index contributed by atoms with van der Waals surface area (Å²) in [5.41, 5.74) is 6.96. The molecule has 0 saturated heterocycles. The third-order valence-corrected chi connectivity index (χ3v) is 4.97. The molecule has 0 radical (unpaired) electrons. The van der Waals surface area contributed by atoms with E-state index in [-0.39, 0.29) is 0 Å². The van der Waals surface area contributed by atoms with Gasteiger partial charge in [0.1, 0.15) is 11.2 Å². The Balaban J connectivity index is 1.65. The molecule has 4 aromatic rings. The van der Waals surface area contributed by atoms with Gasteiger partial charge >= 0.3 is 0 Å². The highest BCUT2D eigenvalue weighted by Gasteiger charge is 2.11. The first-order valence-electron chi connectivity index (χ1n) is 8.76. The summed E-state index contributed by atoms with van der Waals surface area (Å²) < 4.78 is 6.20. The summed E-state index contributed by atoms with van der Waals surface area (Å²) in [7, 11) is 0. The lowest BCUT2D eigenvalue weighted by atomic mass is 9.96. The third-order valence-electron chi connectivity index (χ3n) is 4.97. The Morgan fingerprint density at radius 3 is 2.12 bits per heavy atom. The van der Waals surface area contributed by atoms with Crippen LogP contribution in [0.15, 0.2) is 89.4 Å². The highest BCUT2D eigenvalue weighted by molar-refractivity contribution is 6.06. The van der Waals surface area contributed by atoms with Crippen LogP contribution in [-0.4, -0.2) is 0 Å². The molecule has 0 aliphatic heterocycles. The second-order valence-electron chi connectivity index (χ2n) is 6.55. The zero-order chi connectivity index (χ0) is 16.6. The minimum Gasteiger partial charge on any atom is -0.456 e. The molecule has 0 unspecified atom stereocenters. The van der Waals surface area contributed by atoms with Crippen LogP contribution in [0.2, 0.25) is 0 Å². The summed E-state index contributed by atoms with van der Waals surface area (Å²) in [4.78, 5) is 0. The maximum absolute atomic E-state index is 6.20. The molecule has 3 aromatic carbocycles. The van der Waals surface area contributed by atoms with Gasteiger partial charge in [0.05, 0.1) is 0 Å². The van der Waals surface area contributed by atoms with E-state index >= 15 is 0 Å². The number of allylic oxidation sites excluding steroid dienone is 4. The fourth-order valence-electron chi connectivity index (χ4n) is 3.63. The molecule has 120 valence electrons. The standard InChI is InChI=1S/C24H18O/c1-3-7-17(8-4-1)19-11-13-21-22-14-12-20(18-9-5-2-6-10-18)16-24(22)25-23(21)15-19/h1-5,7-9,11-16H,6,10H2. The van der Waals surface area contributed by atoms with Crippen molar-refractivity contribution in [2.45, 2.75) is 12.8 Å². The molecular formula is C24H18O. The van der Waals surface area contributed by atoms with E-state index in [0.717, 1.165) is 24.0 Å². The minimum absolute atomic E-state index is 0.950. The molecule has 25 heavy (non-hydrogen) atoms. The van der Waals surface area contributed by atoms with E-state index < -0.39 is 0 Å². The molecule has 1 aliphatic rings. The van der Waals surface area contributed by atoms with Crippen LogP contribution in [0.4, 0.5) is 0 Å². The summed E-state index contributed by atoms with van der Waals surface area (Å²) in [6.07, 6.45) is 8.79. The van der Waals surface area contributed by atoms with Crippen LogP contribution in [-0.2, 0) is 0 Å². The first-order chi connectivity index (χ1) is 12.4. The molecule has 0 spiro atoms. The van der Waals surface area contributed by atoms with Gasteiger partial charge in [-0.1, -0.05) is 60.7 Å². The Bertz CT molecular complexity index is 1130. The molecule has 0 saturated carbocycles. The first kappa shape index (κ1) is 14.3. The first-order valence-corrected chi connectivity index (χ1v) is 8.76. The smallest absolute Gasteiger partial charge is 0.136 e. The maximum Gasteiger partial charge on any atom is 0.136 e. The number of hydrogen-bond donors (Lipinski definition) is 0. The van der Waals surface area contributed by atoms with Gasteiger partial charge in [0, 0.05) is 10.8 Å². The van der Waals surface area contributed by atoms with Crippen molar-refractivity contribution in [3.63, 3.8) is 0 Å². The number of fused-ring (bicyclic) bond motifs is 3. The lowest BCUT2D eigenvalue weighted by Crippen LogP contribution is -1.87. The maximum atomic E-state index is 6.20. The Kier molecular flexibility index (Phi) is 3.31. The van der Waals surface area contributed by atoms with Crippen LogP contribution in [0.25, 0.3) is 38.6 Å². The molecule has 0 atom stereocenters. The van der Waals surface area contributed by atoms with Gasteiger partial charge in [-0.15, -0.1) is 0 Å². The highest BCUT2D eigenvalue weighted by atomic mass is 16.3. The Morgan fingerprint density at radius 1 is 0.680 bits per heavy atom. The van der Waals surface area contributed by atoms with Gasteiger partial charge in [-0.25, -0.2) is 0 Å².